The van der Waals surface area contributed by atoms with Crippen LogP contribution in [0.5, 0.6) is 23.5 Å². The Morgan fingerprint density at radius 3 is 1.42 bits per heavy atom. The zero-order chi connectivity index (χ0) is 36.2. The van der Waals surface area contributed by atoms with E-state index in [0.717, 1.165) is 33.4 Å². The van der Waals surface area contributed by atoms with Crippen molar-refractivity contribution < 1.29 is 38.7 Å². The second-order valence-corrected chi connectivity index (χ2v) is 12.1. The van der Waals surface area contributed by atoms with Crippen LogP contribution < -0.4 is 29.6 Å². The average molecular weight is 728 g/mol. The Balaban J connectivity index is 1.46. The summed E-state index contributed by atoms with van der Waals surface area (Å²) in [5.74, 6) is -0.642. The molecule has 0 spiro atoms. The van der Waals surface area contributed by atoms with Gasteiger partial charge in [-0.05, 0) is 59.4 Å². The maximum Gasteiger partial charge on any atom is 0.304 e. The van der Waals surface area contributed by atoms with E-state index in [1.54, 1.807) is 12.1 Å². The Labute approximate surface area is 300 Å². The number of methoxy groups -OCH3 is 2. The lowest BCUT2D eigenvalue weighted by Gasteiger charge is -2.17. The van der Waals surface area contributed by atoms with E-state index >= 15 is 0 Å². The van der Waals surface area contributed by atoms with Crippen LogP contribution >= 0.6 is 23.2 Å². The molecule has 266 valence electrons. The van der Waals surface area contributed by atoms with E-state index in [2.05, 4.69) is 32.7 Å². The molecule has 4 rings (SSSR count). The third kappa shape index (κ3) is 10.2. The van der Waals surface area contributed by atoms with Gasteiger partial charge in [0.2, 0.25) is 23.5 Å². The summed E-state index contributed by atoms with van der Waals surface area (Å²) in [5, 5.41) is 24.4. The van der Waals surface area contributed by atoms with Gasteiger partial charge in [-0.15, -0.1) is 0 Å². The fourth-order valence-electron chi connectivity index (χ4n) is 5.19. The van der Waals surface area contributed by atoms with Gasteiger partial charge in [0.05, 0.1) is 27.1 Å². The number of aliphatic carboxylic acids is 2. The molecule has 50 heavy (non-hydrogen) atoms. The molecule has 2 heterocycles. The highest BCUT2D eigenvalue weighted by atomic mass is 35.5. The number of halogens is 2. The summed E-state index contributed by atoms with van der Waals surface area (Å²) in [5.41, 5.74) is 7.37. The minimum absolute atomic E-state index is 0.00375. The lowest BCUT2D eigenvalue weighted by Crippen LogP contribution is -2.18. The van der Waals surface area contributed by atoms with Crippen LogP contribution in [-0.2, 0) is 35.9 Å². The molecule has 14 heteroatoms. The van der Waals surface area contributed by atoms with E-state index in [0.29, 0.717) is 59.1 Å². The van der Waals surface area contributed by atoms with Gasteiger partial charge in [0.15, 0.2) is 0 Å². The van der Waals surface area contributed by atoms with E-state index in [-0.39, 0.29) is 37.8 Å². The molecule has 4 N–H and O–H groups in total. The van der Waals surface area contributed by atoms with Crippen molar-refractivity contribution in [1.29, 1.82) is 0 Å². The number of ether oxygens (including phenoxy) is 4. The zero-order valence-corrected chi connectivity index (χ0v) is 29.8. The summed E-state index contributed by atoms with van der Waals surface area (Å²) in [7, 11) is 3.00. The van der Waals surface area contributed by atoms with Crippen LogP contribution in [0.4, 0.5) is 0 Å². The van der Waals surface area contributed by atoms with Gasteiger partial charge in [0, 0.05) is 37.3 Å². The van der Waals surface area contributed by atoms with Crippen LogP contribution in [0.1, 0.15) is 46.2 Å². The maximum atomic E-state index is 10.8. The SMILES string of the molecule is COc1nc(OCc2cccc(-c3cccc(COc4nc(OC)c(CNCCC(=O)O)cc4Cl)c3C)c2C)c(Cl)cc1CNCCC(=O)O. The Morgan fingerprint density at radius 2 is 1.06 bits per heavy atom. The smallest absolute Gasteiger partial charge is 0.304 e. The molecule has 0 radical (unpaired) electrons. The second kappa shape index (κ2) is 18.4. The maximum absolute atomic E-state index is 10.8. The molecule has 0 atom stereocenters. The lowest BCUT2D eigenvalue weighted by atomic mass is 9.92. The molecule has 0 bridgehead atoms. The summed E-state index contributed by atoms with van der Waals surface area (Å²) in [4.78, 5) is 30.5. The Morgan fingerprint density at radius 1 is 0.660 bits per heavy atom. The van der Waals surface area contributed by atoms with Crippen LogP contribution in [0.2, 0.25) is 10.0 Å². The Kier molecular flexibility index (Phi) is 14.0. The molecule has 2 aromatic carbocycles. The van der Waals surface area contributed by atoms with Crippen LogP contribution in [0, 0.1) is 13.8 Å². The first-order chi connectivity index (χ1) is 24.0. The molecule has 0 aliphatic carbocycles. The molecule has 0 unspecified atom stereocenters. The van der Waals surface area contributed by atoms with E-state index in [1.165, 1.54) is 14.2 Å². The molecular weight excluding hydrogens is 687 g/mol. The van der Waals surface area contributed by atoms with Gasteiger partial charge in [-0.25, -0.2) is 0 Å². The average Bonchev–Trinajstić information content (AvgIpc) is 3.08. The van der Waals surface area contributed by atoms with Crippen LogP contribution in [-0.4, -0.2) is 59.4 Å². The van der Waals surface area contributed by atoms with Crippen LogP contribution in [0.15, 0.2) is 48.5 Å². The van der Waals surface area contributed by atoms with Crippen molar-refractivity contribution in [2.45, 2.75) is 53.0 Å². The molecule has 0 fully saturated rings. The van der Waals surface area contributed by atoms with Gasteiger partial charge in [0.1, 0.15) is 23.3 Å². The van der Waals surface area contributed by atoms with Gasteiger partial charge < -0.3 is 39.8 Å². The number of rotatable bonds is 19. The van der Waals surface area contributed by atoms with Crippen LogP contribution in [0.25, 0.3) is 11.1 Å². The normalized spacial score (nSPS) is 10.9. The summed E-state index contributed by atoms with van der Waals surface area (Å²) < 4.78 is 23.0. The van der Waals surface area contributed by atoms with Crippen molar-refractivity contribution in [2.24, 2.45) is 0 Å². The van der Waals surface area contributed by atoms with Gasteiger partial charge in [-0.1, -0.05) is 59.6 Å². The third-order valence-corrected chi connectivity index (χ3v) is 8.47. The molecule has 0 saturated carbocycles. The van der Waals surface area contributed by atoms with Crippen molar-refractivity contribution in [3.8, 4) is 34.6 Å². The highest BCUT2D eigenvalue weighted by Gasteiger charge is 2.17. The number of carboxylic acid groups (broad SMARTS) is 2. The zero-order valence-electron chi connectivity index (χ0n) is 28.3. The highest BCUT2D eigenvalue weighted by Crippen LogP contribution is 2.34. The van der Waals surface area contributed by atoms with Gasteiger partial charge >= 0.3 is 11.9 Å². The standard InChI is InChI=1S/C36H40Cl2N4O8/c1-21-23(19-49-35-29(37)15-25(33(41-35)47-3)17-39-13-11-31(43)44)7-5-9-27(21)28-10-6-8-24(22(28)2)20-50-36-30(38)16-26(34(42-36)48-4)18-40-14-12-32(45)46/h5-10,15-16,39-40H,11-14,17-20H2,1-4H3,(H,43,44)(H,45,46). The Hall–Kier alpha value is -4.62. The minimum atomic E-state index is -0.884. The number of carbonyl (C=O) groups is 2. The number of nitrogens with zero attached hydrogens (tertiary/aromatic N) is 2. The predicted octanol–water partition coefficient (Wildman–Crippen LogP) is 6.37. The summed E-state index contributed by atoms with van der Waals surface area (Å²) in [6.07, 6.45) is -0.00750. The molecule has 4 aromatic rings. The Bertz CT molecular complexity index is 1690. The summed E-state index contributed by atoms with van der Waals surface area (Å²) >= 11 is 13.0. The van der Waals surface area contributed by atoms with Crippen molar-refractivity contribution in [2.75, 3.05) is 27.3 Å². The number of aromatic nitrogens is 2. The van der Waals surface area contributed by atoms with E-state index < -0.39 is 11.9 Å². The third-order valence-electron chi connectivity index (χ3n) is 7.93. The highest BCUT2D eigenvalue weighted by molar-refractivity contribution is 6.32. The molecular formula is C36H40Cl2N4O8. The molecule has 0 amide bonds. The number of benzene rings is 2. The van der Waals surface area contributed by atoms with Gasteiger partial charge in [-0.3, -0.25) is 9.59 Å². The number of carboxylic acids is 2. The van der Waals surface area contributed by atoms with Crippen molar-refractivity contribution in [3.05, 3.63) is 92.0 Å². The first kappa shape index (κ1) is 38.2. The lowest BCUT2D eigenvalue weighted by molar-refractivity contribution is -0.137. The second-order valence-electron chi connectivity index (χ2n) is 11.3. The van der Waals surface area contributed by atoms with E-state index in [4.69, 9.17) is 52.4 Å². The van der Waals surface area contributed by atoms with E-state index in [1.807, 2.05) is 38.1 Å². The quantitative estimate of drug-likeness (QED) is 0.0792. The van der Waals surface area contributed by atoms with Crippen molar-refractivity contribution in [1.82, 2.24) is 20.6 Å². The molecule has 2 aromatic heterocycles. The topological polar surface area (TPSA) is 161 Å². The number of hydrogen-bond acceptors (Lipinski definition) is 10. The van der Waals surface area contributed by atoms with Crippen LogP contribution in [0.3, 0.4) is 0 Å². The van der Waals surface area contributed by atoms with Gasteiger partial charge in [-0.2, -0.15) is 9.97 Å². The first-order valence-corrected chi connectivity index (χ1v) is 16.5. The summed E-state index contributed by atoms with van der Waals surface area (Å²) in [6, 6.07) is 15.4. The molecule has 0 aliphatic rings. The number of hydrogen-bond donors (Lipinski definition) is 4. The fourth-order valence-corrected chi connectivity index (χ4v) is 5.65. The minimum Gasteiger partial charge on any atom is -0.481 e. The van der Waals surface area contributed by atoms with Crippen molar-refractivity contribution in [3.63, 3.8) is 0 Å². The molecule has 0 aliphatic heterocycles. The van der Waals surface area contributed by atoms with Crippen molar-refractivity contribution >= 4 is 35.1 Å². The number of nitrogens with one attached hydrogen (secondary N) is 2. The van der Waals surface area contributed by atoms with Gasteiger partial charge in [0.25, 0.3) is 0 Å². The largest absolute Gasteiger partial charge is 0.481 e. The number of pyridine rings is 2. The monoisotopic (exact) mass is 726 g/mol. The molecule has 12 nitrogen and oxygen atoms in total. The molecule has 0 saturated heterocycles. The predicted molar refractivity (Wildman–Crippen MR) is 190 cm³/mol. The first-order valence-electron chi connectivity index (χ1n) is 15.8. The fraction of sp³-hybridized carbons (Fsp3) is 0.333. The summed E-state index contributed by atoms with van der Waals surface area (Å²) in [6.45, 7) is 5.77. The van der Waals surface area contributed by atoms with E-state index in [9.17, 15) is 9.59 Å².